The van der Waals surface area contributed by atoms with E-state index >= 15 is 0 Å². The van der Waals surface area contributed by atoms with Gasteiger partial charge >= 0.3 is 0 Å². The number of nitrogen functional groups attached to an aromatic ring is 1. The van der Waals surface area contributed by atoms with Crippen LogP contribution in [-0.2, 0) is 9.59 Å². The lowest BCUT2D eigenvalue weighted by Gasteiger charge is -2.14. The van der Waals surface area contributed by atoms with E-state index in [1.54, 1.807) is 12.1 Å². The van der Waals surface area contributed by atoms with Crippen molar-refractivity contribution >= 4 is 29.3 Å². The van der Waals surface area contributed by atoms with E-state index in [-0.39, 0.29) is 17.6 Å². The molecule has 2 rings (SSSR count). The highest BCUT2D eigenvalue weighted by Crippen LogP contribution is 2.29. The number of carbonyl (C=O) groups is 2. The molecule has 1 aromatic carbocycles. The monoisotopic (exact) mass is 294 g/mol. The number of benzene rings is 1. The molecule has 1 heterocycles. The Bertz CT molecular complexity index is 519. The molecule has 0 aromatic heterocycles. The van der Waals surface area contributed by atoms with Crippen molar-refractivity contribution in [3.05, 3.63) is 18.2 Å². The minimum atomic E-state index is -0.154. The van der Waals surface area contributed by atoms with E-state index in [2.05, 4.69) is 0 Å². The Kier molecular flexibility index (Phi) is 4.89. The van der Waals surface area contributed by atoms with Crippen LogP contribution in [0.3, 0.4) is 0 Å². The zero-order chi connectivity index (χ0) is 14.5. The third-order valence-electron chi connectivity index (χ3n) is 3.02. The van der Waals surface area contributed by atoms with E-state index in [0.717, 1.165) is 17.1 Å². The quantitative estimate of drug-likeness (QED) is 0.663. The Morgan fingerprint density at radius 2 is 2.30 bits per heavy atom. The molecule has 1 aliphatic rings. The van der Waals surface area contributed by atoms with Gasteiger partial charge in [0.25, 0.3) is 0 Å². The highest BCUT2D eigenvalue weighted by molar-refractivity contribution is 8.00. The fourth-order valence-electron chi connectivity index (χ4n) is 2.03. The Hall–Kier alpha value is -1.69. The number of imide groups is 1. The topological polar surface area (TPSA) is 72.6 Å². The van der Waals surface area contributed by atoms with Gasteiger partial charge in [0.2, 0.25) is 11.8 Å². The first kappa shape index (κ1) is 14.7. The van der Waals surface area contributed by atoms with E-state index in [1.807, 2.05) is 13.0 Å². The highest BCUT2D eigenvalue weighted by Gasteiger charge is 2.26. The number of anilines is 1. The molecule has 1 fully saturated rings. The van der Waals surface area contributed by atoms with Crippen molar-refractivity contribution in [2.45, 2.75) is 24.7 Å². The van der Waals surface area contributed by atoms with Crippen LogP contribution < -0.4 is 10.5 Å². The van der Waals surface area contributed by atoms with Crippen molar-refractivity contribution in [3.8, 4) is 5.75 Å². The number of amides is 2. The van der Waals surface area contributed by atoms with Gasteiger partial charge in [-0.3, -0.25) is 14.5 Å². The van der Waals surface area contributed by atoms with Crippen molar-refractivity contribution < 1.29 is 14.3 Å². The predicted octanol–water partition coefficient (Wildman–Crippen LogP) is 1.91. The molecule has 2 amide bonds. The van der Waals surface area contributed by atoms with Gasteiger partial charge in [0, 0.05) is 23.5 Å². The normalized spacial score (nSPS) is 14.7. The summed E-state index contributed by atoms with van der Waals surface area (Å²) in [7, 11) is 0. The van der Waals surface area contributed by atoms with Crippen LogP contribution in [0, 0.1) is 0 Å². The zero-order valence-corrected chi connectivity index (χ0v) is 12.2. The summed E-state index contributed by atoms with van der Waals surface area (Å²) in [5, 5.41) is 0. The minimum Gasteiger partial charge on any atom is -0.494 e. The van der Waals surface area contributed by atoms with Gasteiger partial charge in [-0.05, 0) is 31.5 Å². The summed E-state index contributed by atoms with van der Waals surface area (Å²) in [5.41, 5.74) is 6.49. The van der Waals surface area contributed by atoms with Gasteiger partial charge in [0.05, 0.1) is 12.4 Å². The molecule has 0 spiro atoms. The van der Waals surface area contributed by atoms with Crippen LogP contribution in [0.25, 0.3) is 0 Å². The van der Waals surface area contributed by atoms with Crippen LogP contribution in [0.5, 0.6) is 5.75 Å². The second kappa shape index (κ2) is 6.65. The van der Waals surface area contributed by atoms with E-state index in [0.29, 0.717) is 25.3 Å². The second-order valence-electron chi connectivity index (χ2n) is 4.46. The maximum absolute atomic E-state index is 12.0. The summed E-state index contributed by atoms with van der Waals surface area (Å²) in [4.78, 5) is 25.6. The Morgan fingerprint density at radius 3 is 2.95 bits per heavy atom. The molecule has 5 nitrogen and oxygen atoms in total. The number of hydrogen-bond acceptors (Lipinski definition) is 5. The van der Waals surface area contributed by atoms with Crippen molar-refractivity contribution in [2.75, 3.05) is 24.6 Å². The third kappa shape index (κ3) is 3.45. The SMILES string of the molecule is CCOc1ccc(N)c(SCC(=O)N2CCCC2=O)c1. The number of likely N-dealkylation sites (tertiary alicyclic amines) is 1. The Labute approximate surface area is 122 Å². The molecule has 0 radical (unpaired) electrons. The second-order valence-corrected chi connectivity index (χ2v) is 5.48. The first-order valence-electron chi connectivity index (χ1n) is 6.60. The molecule has 1 aliphatic heterocycles. The molecule has 0 bridgehead atoms. The van der Waals surface area contributed by atoms with E-state index in [1.165, 1.54) is 16.7 Å². The fourth-order valence-corrected chi connectivity index (χ4v) is 2.89. The lowest BCUT2D eigenvalue weighted by molar-refractivity contribution is -0.140. The van der Waals surface area contributed by atoms with Crippen molar-refractivity contribution in [1.29, 1.82) is 0 Å². The lowest BCUT2D eigenvalue weighted by atomic mass is 10.3. The van der Waals surface area contributed by atoms with Crippen molar-refractivity contribution in [3.63, 3.8) is 0 Å². The number of ether oxygens (including phenoxy) is 1. The van der Waals surface area contributed by atoms with Crippen LogP contribution in [0.2, 0.25) is 0 Å². The maximum atomic E-state index is 12.0. The lowest BCUT2D eigenvalue weighted by Crippen LogP contribution is -2.33. The molecular formula is C14H18N2O3S. The Balaban J connectivity index is 1.97. The summed E-state index contributed by atoms with van der Waals surface area (Å²) < 4.78 is 5.41. The standard InChI is InChI=1S/C14H18N2O3S/c1-2-19-10-5-6-11(15)12(8-10)20-9-14(18)16-7-3-4-13(16)17/h5-6,8H,2-4,7,9,15H2,1H3. The molecule has 108 valence electrons. The summed E-state index contributed by atoms with van der Waals surface area (Å²) in [5.74, 6) is 0.713. The van der Waals surface area contributed by atoms with Crippen LogP contribution in [0.1, 0.15) is 19.8 Å². The minimum absolute atomic E-state index is 0.0772. The number of nitrogens with two attached hydrogens (primary N) is 1. The van der Waals surface area contributed by atoms with E-state index < -0.39 is 0 Å². The van der Waals surface area contributed by atoms with Gasteiger partial charge in [0.1, 0.15) is 5.75 Å². The summed E-state index contributed by atoms with van der Waals surface area (Å²) in [6.45, 7) is 3.02. The highest BCUT2D eigenvalue weighted by atomic mass is 32.2. The van der Waals surface area contributed by atoms with Gasteiger partial charge in [-0.2, -0.15) is 0 Å². The number of rotatable bonds is 5. The van der Waals surface area contributed by atoms with Crippen LogP contribution >= 0.6 is 11.8 Å². The first-order valence-corrected chi connectivity index (χ1v) is 7.58. The number of nitrogens with zero attached hydrogens (tertiary/aromatic N) is 1. The fraction of sp³-hybridized carbons (Fsp3) is 0.429. The van der Waals surface area contributed by atoms with Gasteiger partial charge in [0.15, 0.2) is 0 Å². The van der Waals surface area contributed by atoms with Crippen LogP contribution in [0.15, 0.2) is 23.1 Å². The Morgan fingerprint density at radius 1 is 1.50 bits per heavy atom. The molecule has 1 saturated heterocycles. The molecule has 6 heteroatoms. The summed E-state index contributed by atoms with van der Waals surface area (Å²) in [6.07, 6.45) is 1.23. The van der Waals surface area contributed by atoms with Crippen molar-refractivity contribution in [1.82, 2.24) is 4.90 Å². The molecule has 0 unspecified atom stereocenters. The van der Waals surface area contributed by atoms with E-state index in [4.69, 9.17) is 10.5 Å². The zero-order valence-electron chi connectivity index (χ0n) is 11.4. The average molecular weight is 294 g/mol. The first-order chi connectivity index (χ1) is 9.61. The van der Waals surface area contributed by atoms with Gasteiger partial charge < -0.3 is 10.5 Å². The molecule has 0 saturated carbocycles. The smallest absolute Gasteiger partial charge is 0.239 e. The number of hydrogen-bond donors (Lipinski definition) is 1. The molecule has 20 heavy (non-hydrogen) atoms. The van der Waals surface area contributed by atoms with Crippen LogP contribution in [-0.4, -0.2) is 35.6 Å². The summed E-state index contributed by atoms with van der Waals surface area (Å²) in [6, 6.07) is 5.39. The predicted molar refractivity (Wildman–Crippen MR) is 78.7 cm³/mol. The third-order valence-corrected chi connectivity index (χ3v) is 4.08. The van der Waals surface area contributed by atoms with Crippen molar-refractivity contribution in [2.24, 2.45) is 0 Å². The van der Waals surface area contributed by atoms with E-state index in [9.17, 15) is 9.59 Å². The summed E-state index contributed by atoms with van der Waals surface area (Å²) >= 11 is 1.34. The molecule has 2 N–H and O–H groups in total. The molecule has 0 aliphatic carbocycles. The largest absolute Gasteiger partial charge is 0.494 e. The van der Waals surface area contributed by atoms with Crippen LogP contribution in [0.4, 0.5) is 5.69 Å². The maximum Gasteiger partial charge on any atom is 0.239 e. The van der Waals surface area contributed by atoms with Gasteiger partial charge in [-0.1, -0.05) is 0 Å². The number of thioether (sulfide) groups is 1. The average Bonchev–Trinajstić information content (AvgIpc) is 2.85. The molecular weight excluding hydrogens is 276 g/mol. The molecule has 1 aromatic rings. The van der Waals surface area contributed by atoms with Gasteiger partial charge in [-0.15, -0.1) is 11.8 Å². The molecule has 0 atom stereocenters. The van der Waals surface area contributed by atoms with Gasteiger partial charge in [-0.25, -0.2) is 0 Å². The number of carbonyl (C=O) groups excluding carboxylic acids is 2.